The summed E-state index contributed by atoms with van der Waals surface area (Å²) in [6.07, 6.45) is 37.1. The molecule has 0 radical (unpaired) electrons. The second kappa shape index (κ2) is 37.6. The van der Waals surface area contributed by atoms with Crippen molar-refractivity contribution in [3.8, 4) is 0 Å². The summed E-state index contributed by atoms with van der Waals surface area (Å²) < 4.78 is 33.8. The van der Waals surface area contributed by atoms with Crippen molar-refractivity contribution in [1.29, 1.82) is 0 Å². The SMILES string of the molecule is CCCCCCCCCCCCCCCCCCCCCCCC(=O)OC[C@@H](COP(=O)([O-])OCC[N+](C)(C)C)OC(=O)CCCCCCCCCCC. The van der Waals surface area contributed by atoms with Crippen molar-refractivity contribution in [3.63, 3.8) is 0 Å². The van der Waals surface area contributed by atoms with E-state index < -0.39 is 26.5 Å². The zero-order valence-corrected chi connectivity index (χ0v) is 37.1. The number of quaternary nitrogens is 1. The highest BCUT2D eigenvalue weighted by Crippen LogP contribution is 2.38. The number of phosphoric ester groups is 1. The van der Waals surface area contributed by atoms with Gasteiger partial charge in [-0.15, -0.1) is 0 Å². The molecule has 0 aromatic rings. The Morgan fingerprint density at radius 2 is 0.833 bits per heavy atom. The number of hydrogen-bond acceptors (Lipinski definition) is 8. The Balaban J connectivity index is 4.14. The van der Waals surface area contributed by atoms with Gasteiger partial charge in [-0.1, -0.05) is 194 Å². The summed E-state index contributed by atoms with van der Waals surface area (Å²) in [6.45, 7) is 4.24. The molecule has 1 unspecified atom stereocenters. The standard InChI is InChI=1S/C44H88NO8P/c1-6-8-10-12-14-16-17-18-19-20-21-22-23-24-25-26-27-29-30-32-34-36-43(46)50-40-42(41-52-54(48,49)51-39-38-45(3,4)5)53-44(47)37-35-33-31-28-15-13-11-9-7-2/h42H,6-41H2,1-5H3/t42-/m0/s1. The Kier molecular flexibility index (Phi) is 36.9. The van der Waals surface area contributed by atoms with E-state index in [0.717, 1.165) is 38.5 Å². The second-order valence-corrected chi connectivity index (χ2v) is 18.2. The molecule has 0 aliphatic carbocycles. The van der Waals surface area contributed by atoms with E-state index in [1.165, 1.54) is 148 Å². The van der Waals surface area contributed by atoms with Crippen LogP contribution < -0.4 is 4.89 Å². The molecule has 0 amide bonds. The van der Waals surface area contributed by atoms with Gasteiger partial charge in [-0.25, -0.2) is 0 Å². The zero-order valence-electron chi connectivity index (χ0n) is 36.2. The molecule has 0 aromatic heterocycles. The fraction of sp³-hybridized carbons (Fsp3) is 0.955. The number of unbranched alkanes of at least 4 members (excludes halogenated alkanes) is 28. The minimum Gasteiger partial charge on any atom is -0.756 e. The van der Waals surface area contributed by atoms with E-state index in [9.17, 15) is 19.0 Å². The van der Waals surface area contributed by atoms with E-state index in [-0.39, 0.29) is 32.0 Å². The number of ether oxygens (including phenoxy) is 2. The predicted octanol–water partition coefficient (Wildman–Crippen LogP) is 12.2. The van der Waals surface area contributed by atoms with Gasteiger partial charge in [-0.05, 0) is 12.8 Å². The van der Waals surface area contributed by atoms with Crippen molar-refractivity contribution >= 4 is 19.8 Å². The molecule has 0 aliphatic rings. The fourth-order valence-corrected chi connectivity index (χ4v) is 7.27. The van der Waals surface area contributed by atoms with Gasteiger partial charge in [-0.2, -0.15) is 0 Å². The zero-order chi connectivity index (χ0) is 40.0. The summed E-state index contributed by atoms with van der Waals surface area (Å²) in [5.41, 5.74) is 0. The molecule has 0 aliphatic heterocycles. The highest BCUT2D eigenvalue weighted by atomic mass is 31.2. The summed E-state index contributed by atoms with van der Waals surface area (Å²) >= 11 is 0. The van der Waals surface area contributed by atoms with Gasteiger partial charge in [0.1, 0.15) is 19.8 Å². The minimum atomic E-state index is -4.61. The normalized spacial score (nSPS) is 13.5. The molecule has 0 bridgehead atoms. The van der Waals surface area contributed by atoms with E-state index in [1.807, 2.05) is 21.1 Å². The average molecular weight is 790 g/mol. The number of carbonyl (C=O) groups excluding carboxylic acids is 2. The molecule has 0 saturated heterocycles. The number of nitrogens with zero attached hydrogens (tertiary/aromatic N) is 1. The predicted molar refractivity (Wildman–Crippen MR) is 222 cm³/mol. The molecule has 0 N–H and O–H groups in total. The maximum absolute atomic E-state index is 12.6. The first kappa shape index (κ1) is 53.0. The van der Waals surface area contributed by atoms with Crippen molar-refractivity contribution in [3.05, 3.63) is 0 Å². The third-order valence-electron chi connectivity index (χ3n) is 10.1. The third kappa shape index (κ3) is 40.7. The smallest absolute Gasteiger partial charge is 0.306 e. The van der Waals surface area contributed by atoms with Crippen LogP contribution in [0.15, 0.2) is 0 Å². The van der Waals surface area contributed by atoms with Crippen LogP contribution in [0.4, 0.5) is 0 Å². The van der Waals surface area contributed by atoms with Gasteiger partial charge in [0.2, 0.25) is 0 Å². The molecule has 0 fully saturated rings. The van der Waals surface area contributed by atoms with Gasteiger partial charge < -0.3 is 27.9 Å². The van der Waals surface area contributed by atoms with Crippen molar-refractivity contribution in [1.82, 2.24) is 0 Å². The van der Waals surface area contributed by atoms with E-state index in [2.05, 4.69) is 13.8 Å². The van der Waals surface area contributed by atoms with Crippen LogP contribution >= 0.6 is 7.82 Å². The molecule has 0 spiro atoms. The number of phosphoric acid groups is 1. The molecule has 0 aromatic carbocycles. The van der Waals surface area contributed by atoms with Gasteiger partial charge in [0, 0.05) is 12.8 Å². The van der Waals surface area contributed by atoms with Crippen molar-refractivity contribution in [2.75, 3.05) is 47.5 Å². The Morgan fingerprint density at radius 3 is 1.19 bits per heavy atom. The molecule has 9 nitrogen and oxygen atoms in total. The number of likely N-dealkylation sites (N-methyl/N-ethyl adjacent to an activating group) is 1. The molecule has 0 saturated carbocycles. The third-order valence-corrected chi connectivity index (χ3v) is 11.1. The van der Waals surface area contributed by atoms with Crippen molar-refractivity contribution in [2.45, 2.75) is 225 Å². The number of hydrogen-bond donors (Lipinski definition) is 0. The van der Waals surface area contributed by atoms with Crippen LogP contribution in [0.25, 0.3) is 0 Å². The van der Waals surface area contributed by atoms with Gasteiger partial charge in [0.15, 0.2) is 6.10 Å². The molecular weight excluding hydrogens is 701 g/mol. The van der Waals surface area contributed by atoms with Crippen molar-refractivity contribution in [2.24, 2.45) is 0 Å². The van der Waals surface area contributed by atoms with Crippen LogP contribution in [-0.4, -0.2) is 70.0 Å². The van der Waals surface area contributed by atoms with Gasteiger partial charge in [0.25, 0.3) is 7.82 Å². The Labute approximate surface area is 334 Å². The quantitative estimate of drug-likeness (QED) is 0.0260. The lowest BCUT2D eigenvalue weighted by atomic mass is 10.0. The molecule has 0 heterocycles. The minimum absolute atomic E-state index is 0.0260. The number of carbonyl (C=O) groups is 2. The monoisotopic (exact) mass is 790 g/mol. The average Bonchev–Trinajstić information content (AvgIpc) is 3.12. The first-order valence-corrected chi connectivity index (χ1v) is 24.2. The second-order valence-electron chi connectivity index (χ2n) is 16.8. The van der Waals surface area contributed by atoms with E-state index >= 15 is 0 Å². The number of rotatable bonds is 42. The highest BCUT2D eigenvalue weighted by molar-refractivity contribution is 7.45. The molecule has 10 heteroatoms. The maximum Gasteiger partial charge on any atom is 0.306 e. The van der Waals surface area contributed by atoms with Crippen LogP contribution in [0.1, 0.15) is 219 Å². The number of esters is 2. The van der Waals surface area contributed by atoms with E-state index in [1.54, 1.807) is 0 Å². The Hall–Kier alpha value is -0.990. The lowest BCUT2D eigenvalue weighted by Gasteiger charge is -2.28. The first-order valence-electron chi connectivity index (χ1n) is 22.7. The topological polar surface area (TPSA) is 111 Å². The lowest BCUT2D eigenvalue weighted by Crippen LogP contribution is -2.37. The van der Waals surface area contributed by atoms with E-state index in [4.69, 9.17) is 18.5 Å². The fourth-order valence-electron chi connectivity index (χ4n) is 6.54. The molecule has 322 valence electrons. The Bertz CT molecular complexity index is 896. The Morgan fingerprint density at radius 1 is 0.500 bits per heavy atom. The van der Waals surface area contributed by atoms with Gasteiger partial charge >= 0.3 is 11.9 Å². The first-order chi connectivity index (χ1) is 26.0. The molecule has 0 rings (SSSR count). The van der Waals surface area contributed by atoms with Gasteiger partial charge in [0.05, 0.1) is 27.7 Å². The van der Waals surface area contributed by atoms with Gasteiger partial charge in [-0.3, -0.25) is 14.2 Å². The summed E-state index contributed by atoms with van der Waals surface area (Å²) in [4.78, 5) is 37.4. The van der Waals surface area contributed by atoms with Crippen LogP contribution in [0.2, 0.25) is 0 Å². The molecular formula is C44H88NO8P. The summed E-state index contributed by atoms with van der Waals surface area (Å²) in [5, 5.41) is 0. The summed E-state index contributed by atoms with van der Waals surface area (Å²) in [5.74, 6) is -0.823. The molecule has 2 atom stereocenters. The summed E-state index contributed by atoms with van der Waals surface area (Å²) in [6, 6.07) is 0. The van der Waals surface area contributed by atoms with Crippen LogP contribution in [0.5, 0.6) is 0 Å². The summed E-state index contributed by atoms with van der Waals surface area (Å²) in [7, 11) is 1.18. The van der Waals surface area contributed by atoms with Crippen molar-refractivity contribution < 1.29 is 42.1 Å². The van der Waals surface area contributed by atoms with E-state index in [0.29, 0.717) is 17.4 Å². The largest absolute Gasteiger partial charge is 0.756 e. The highest BCUT2D eigenvalue weighted by Gasteiger charge is 2.21. The van der Waals surface area contributed by atoms with Crippen LogP contribution in [0.3, 0.4) is 0 Å². The van der Waals surface area contributed by atoms with Crippen LogP contribution in [-0.2, 0) is 32.7 Å². The maximum atomic E-state index is 12.6. The lowest BCUT2D eigenvalue weighted by molar-refractivity contribution is -0.870. The van der Waals surface area contributed by atoms with Crippen LogP contribution in [0, 0.1) is 0 Å². The molecule has 54 heavy (non-hydrogen) atoms.